The van der Waals surface area contributed by atoms with Crippen molar-refractivity contribution >= 4 is 23.3 Å². The number of nitrogens with zero attached hydrogens (tertiary/aromatic N) is 1. The Morgan fingerprint density at radius 1 is 1.61 bits per heavy atom. The highest BCUT2D eigenvalue weighted by Crippen LogP contribution is 2.26. The molecule has 1 fully saturated rings. The summed E-state index contributed by atoms with van der Waals surface area (Å²) >= 11 is 5.94. The van der Waals surface area contributed by atoms with E-state index >= 15 is 0 Å². The van der Waals surface area contributed by atoms with Crippen LogP contribution in [-0.2, 0) is 4.79 Å². The van der Waals surface area contributed by atoms with Gasteiger partial charge < -0.3 is 15.3 Å². The lowest BCUT2D eigenvalue weighted by molar-refractivity contribution is -0.136. The van der Waals surface area contributed by atoms with E-state index in [1.807, 2.05) is 25.1 Å². The minimum Gasteiger partial charge on any atom is -0.480 e. The molecule has 0 bridgehead atoms. The van der Waals surface area contributed by atoms with Gasteiger partial charge in [-0.25, -0.2) is 0 Å². The molecule has 2 N–H and O–H groups in total. The van der Waals surface area contributed by atoms with Crippen molar-refractivity contribution in [1.29, 1.82) is 0 Å². The van der Waals surface area contributed by atoms with Gasteiger partial charge in [-0.1, -0.05) is 11.6 Å². The topological polar surface area (TPSA) is 52.6 Å². The highest BCUT2D eigenvalue weighted by Gasteiger charge is 2.23. The maximum atomic E-state index is 10.5. The van der Waals surface area contributed by atoms with E-state index in [0.29, 0.717) is 0 Å². The minimum atomic E-state index is -0.809. The zero-order valence-corrected chi connectivity index (χ0v) is 11.1. The number of aryl methyl sites for hydroxylation is 1. The number of rotatable bonds is 4. The first-order valence-electron chi connectivity index (χ1n) is 6.02. The lowest BCUT2D eigenvalue weighted by atomic mass is 10.2. The third-order valence-electron chi connectivity index (χ3n) is 3.23. The number of carbonyl (C=O) groups is 1. The van der Waals surface area contributed by atoms with Crippen LogP contribution in [0.5, 0.6) is 0 Å². The maximum absolute atomic E-state index is 10.5. The molecule has 4 nitrogen and oxygen atoms in total. The number of benzene rings is 1. The SMILES string of the molecule is Cc1cc(Cl)ccc1N1CCC(NCC(=O)O)C1. The van der Waals surface area contributed by atoms with Crippen LogP contribution in [0.1, 0.15) is 12.0 Å². The van der Waals surface area contributed by atoms with Gasteiger partial charge in [0.15, 0.2) is 0 Å². The Hall–Kier alpha value is -1.26. The molecule has 0 aromatic heterocycles. The summed E-state index contributed by atoms with van der Waals surface area (Å²) in [6, 6.07) is 6.12. The largest absolute Gasteiger partial charge is 0.480 e. The molecule has 1 aromatic carbocycles. The molecule has 0 spiro atoms. The van der Waals surface area contributed by atoms with E-state index in [4.69, 9.17) is 16.7 Å². The number of hydrogen-bond donors (Lipinski definition) is 2. The van der Waals surface area contributed by atoms with E-state index in [-0.39, 0.29) is 12.6 Å². The Bertz CT molecular complexity index is 451. The molecule has 1 atom stereocenters. The van der Waals surface area contributed by atoms with E-state index in [2.05, 4.69) is 10.2 Å². The second-order valence-corrected chi connectivity index (χ2v) is 5.07. The summed E-state index contributed by atoms with van der Waals surface area (Å²) in [6.45, 7) is 3.85. The highest BCUT2D eigenvalue weighted by atomic mass is 35.5. The van der Waals surface area contributed by atoms with Gasteiger partial charge >= 0.3 is 5.97 Å². The summed E-state index contributed by atoms with van der Waals surface area (Å²) in [6.07, 6.45) is 0.968. The summed E-state index contributed by atoms with van der Waals surface area (Å²) in [5, 5.41) is 12.4. The molecule has 1 unspecified atom stereocenters. The fourth-order valence-electron chi connectivity index (χ4n) is 2.35. The van der Waals surface area contributed by atoms with E-state index in [1.54, 1.807) is 0 Å². The number of halogens is 1. The Labute approximate surface area is 112 Å². The van der Waals surface area contributed by atoms with Crippen LogP contribution in [0.25, 0.3) is 0 Å². The third-order valence-corrected chi connectivity index (χ3v) is 3.46. The standard InChI is InChI=1S/C13H17ClN2O2/c1-9-6-10(14)2-3-12(9)16-5-4-11(8-16)15-7-13(17)18/h2-3,6,11,15H,4-5,7-8H2,1H3,(H,17,18). The average Bonchev–Trinajstić information content (AvgIpc) is 2.75. The molecule has 98 valence electrons. The number of nitrogens with one attached hydrogen (secondary N) is 1. The smallest absolute Gasteiger partial charge is 0.317 e. The third kappa shape index (κ3) is 3.15. The zero-order valence-electron chi connectivity index (χ0n) is 10.3. The van der Waals surface area contributed by atoms with Gasteiger partial charge in [0.2, 0.25) is 0 Å². The van der Waals surface area contributed by atoms with Crippen molar-refractivity contribution in [2.45, 2.75) is 19.4 Å². The van der Waals surface area contributed by atoms with Gasteiger partial charge in [0.05, 0.1) is 6.54 Å². The molecular formula is C13H17ClN2O2. The number of carboxylic acids is 1. The molecular weight excluding hydrogens is 252 g/mol. The van der Waals surface area contributed by atoms with Gasteiger partial charge in [-0.05, 0) is 37.1 Å². The lowest BCUT2D eigenvalue weighted by Crippen LogP contribution is -2.36. The molecule has 1 saturated heterocycles. The van der Waals surface area contributed by atoms with Crippen molar-refractivity contribution in [3.63, 3.8) is 0 Å². The molecule has 0 aliphatic carbocycles. The van der Waals surface area contributed by atoms with Crippen molar-refractivity contribution < 1.29 is 9.90 Å². The Kier molecular flexibility index (Phi) is 4.09. The summed E-state index contributed by atoms with van der Waals surface area (Å²) in [5.74, 6) is -0.809. The van der Waals surface area contributed by atoms with Gasteiger partial charge in [0.1, 0.15) is 0 Å². The van der Waals surface area contributed by atoms with Gasteiger partial charge in [-0.15, -0.1) is 0 Å². The van der Waals surface area contributed by atoms with Crippen LogP contribution < -0.4 is 10.2 Å². The van der Waals surface area contributed by atoms with Crippen molar-refractivity contribution in [1.82, 2.24) is 5.32 Å². The van der Waals surface area contributed by atoms with Crippen molar-refractivity contribution in [3.05, 3.63) is 28.8 Å². The van der Waals surface area contributed by atoms with Gasteiger partial charge in [-0.3, -0.25) is 4.79 Å². The molecule has 1 aliphatic rings. The second kappa shape index (κ2) is 5.59. The van der Waals surface area contributed by atoms with Gasteiger partial charge in [0, 0.05) is 29.8 Å². The average molecular weight is 269 g/mol. The number of anilines is 1. The molecule has 2 rings (SSSR count). The fraction of sp³-hybridized carbons (Fsp3) is 0.462. The van der Waals surface area contributed by atoms with Crippen LogP contribution in [0, 0.1) is 6.92 Å². The number of aliphatic carboxylic acids is 1. The van der Waals surface area contributed by atoms with Crippen LogP contribution in [0.15, 0.2) is 18.2 Å². The predicted molar refractivity (Wildman–Crippen MR) is 72.4 cm³/mol. The van der Waals surface area contributed by atoms with E-state index in [1.165, 1.54) is 5.69 Å². The summed E-state index contributed by atoms with van der Waals surface area (Å²) in [5.41, 5.74) is 2.33. The summed E-state index contributed by atoms with van der Waals surface area (Å²) < 4.78 is 0. The summed E-state index contributed by atoms with van der Waals surface area (Å²) in [4.78, 5) is 12.8. The quantitative estimate of drug-likeness (QED) is 0.876. The Morgan fingerprint density at radius 3 is 3.06 bits per heavy atom. The van der Waals surface area contributed by atoms with Crippen LogP contribution >= 0.6 is 11.6 Å². The first-order chi connectivity index (χ1) is 8.56. The molecule has 1 heterocycles. The molecule has 1 aromatic rings. The first-order valence-corrected chi connectivity index (χ1v) is 6.40. The number of carboxylic acid groups (broad SMARTS) is 1. The molecule has 0 radical (unpaired) electrons. The normalized spacial score (nSPS) is 19.2. The molecule has 0 saturated carbocycles. The number of hydrogen-bond acceptors (Lipinski definition) is 3. The minimum absolute atomic E-state index is 0.0259. The lowest BCUT2D eigenvalue weighted by Gasteiger charge is -2.21. The van der Waals surface area contributed by atoms with Crippen molar-refractivity contribution in [3.8, 4) is 0 Å². The fourth-order valence-corrected chi connectivity index (χ4v) is 2.58. The maximum Gasteiger partial charge on any atom is 0.317 e. The van der Waals surface area contributed by atoms with E-state index in [9.17, 15) is 4.79 Å². The molecule has 5 heteroatoms. The molecule has 0 amide bonds. The predicted octanol–water partition coefficient (Wildman–Crippen LogP) is 1.90. The van der Waals surface area contributed by atoms with Crippen LogP contribution in [-0.4, -0.2) is 36.8 Å². The van der Waals surface area contributed by atoms with Crippen LogP contribution in [0.4, 0.5) is 5.69 Å². The van der Waals surface area contributed by atoms with Crippen molar-refractivity contribution in [2.24, 2.45) is 0 Å². The Balaban J connectivity index is 1.97. The van der Waals surface area contributed by atoms with E-state index in [0.717, 1.165) is 30.1 Å². The van der Waals surface area contributed by atoms with Gasteiger partial charge in [-0.2, -0.15) is 0 Å². The zero-order chi connectivity index (χ0) is 13.1. The second-order valence-electron chi connectivity index (χ2n) is 4.64. The highest BCUT2D eigenvalue weighted by molar-refractivity contribution is 6.30. The molecule has 18 heavy (non-hydrogen) atoms. The first kappa shape index (κ1) is 13.2. The Morgan fingerprint density at radius 2 is 2.39 bits per heavy atom. The van der Waals surface area contributed by atoms with E-state index < -0.39 is 5.97 Å². The van der Waals surface area contributed by atoms with Crippen LogP contribution in [0.2, 0.25) is 5.02 Å². The van der Waals surface area contributed by atoms with Crippen molar-refractivity contribution in [2.75, 3.05) is 24.5 Å². The summed E-state index contributed by atoms with van der Waals surface area (Å²) in [7, 11) is 0. The molecule has 1 aliphatic heterocycles. The van der Waals surface area contributed by atoms with Crippen LogP contribution in [0.3, 0.4) is 0 Å². The monoisotopic (exact) mass is 268 g/mol. The van der Waals surface area contributed by atoms with Gasteiger partial charge in [0.25, 0.3) is 0 Å².